The second-order valence-corrected chi connectivity index (χ2v) is 4.64. The van der Waals surface area contributed by atoms with Crippen molar-refractivity contribution in [3.63, 3.8) is 0 Å². The van der Waals surface area contributed by atoms with Crippen LogP contribution in [0.3, 0.4) is 0 Å². The Morgan fingerprint density at radius 1 is 1.24 bits per heavy atom. The SMILES string of the molecule is Cc1cc(C)nc(ONC(=O)OC(C)(C)C)n1. The summed E-state index contributed by atoms with van der Waals surface area (Å²) in [7, 11) is 0. The molecule has 6 nitrogen and oxygen atoms in total. The van der Waals surface area contributed by atoms with Gasteiger partial charge in [-0.15, -0.1) is 5.48 Å². The highest BCUT2D eigenvalue weighted by Gasteiger charge is 2.16. The van der Waals surface area contributed by atoms with E-state index in [1.165, 1.54) is 0 Å². The summed E-state index contributed by atoms with van der Waals surface area (Å²) in [4.78, 5) is 24.2. The maximum Gasteiger partial charge on any atom is 0.441 e. The van der Waals surface area contributed by atoms with E-state index in [1.807, 2.05) is 13.8 Å². The van der Waals surface area contributed by atoms with Crippen molar-refractivity contribution < 1.29 is 14.4 Å². The molecule has 0 aliphatic rings. The van der Waals surface area contributed by atoms with Gasteiger partial charge >= 0.3 is 12.1 Å². The number of aromatic nitrogens is 2. The van der Waals surface area contributed by atoms with E-state index >= 15 is 0 Å². The number of aryl methyl sites for hydroxylation is 2. The van der Waals surface area contributed by atoms with Gasteiger partial charge in [-0.05, 0) is 40.7 Å². The van der Waals surface area contributed by atoms with Gasteiger partial charge in [0.2, 0.25) is 0 Å². The smallest absolute Gasteiger partial charge is 0.441 e. The van der Waals surface area contributed by atoms with Gasteiger partial charge in [-0.25, -0.2) is 4.79 Å². The summed E-state index contributed by atoms with van der Waals surface area (Å²) >= 11 is 0. The lowest BCUT2D eigenvalue weighted by molar-refractivity contribution is 0.0267. The number of nitrogens with one attached hydrogen (secondary N) is 1. The first-order valence-electron chi connectivity index (χ1n) is 5.24. The molecule has 0 aliphatic carbocycles. The Hall–Kier alpha value is -1.85. The Bertz CT molecular complexity index is 393. The lowest BCUT2D eigenvalue weighted by atomic mass is 10.2. The van der Waals surface area contributed by atoms with Crippen molar-refractivity contribution >= 4 is 6.09 Å². The van der Waals surface area contributed by atoms with E-state index in [4.69, 9.17) is 9.57 Å². The van der Waals surface area contributed by atoms with E-state index < -0.39 is 11.7 Å². The van der Waals surface area contributed by atoms with Gasteiger partial charge < -0.3 is 9.57 Å². The van der Waals surface area contributed by atoms with Crippen LogP contribution in [0.25, 0.3) is 0 Å². The molecule has 0 saturated carbocycles. The third-order valence-corrected chi connectivity index (χ3v) is 1.59. The summed E-state index contributed by atoms with van der Waals surface area (Å²) in [5.74, 6) is 0. The van der Waals surface area contributed by atoms with Crippen LogP contribution in [-0.4, -0.2) is 21.7 Å². The predicted molar refractivity (Wildman–Crippen MR) is 61.5 cm³/mol. The number of hydrogen-bond donors (Lipinski definition) is 1. The van der Waals surface area contributed by atoms with Crippen LogP contribution in [0.5, 0.6) is 6.01 Å². The summed E-state index contributed by atoms with van der Waals surface area (Å²) in [5, 5.41) is 0. The van der Waals surface area contributed by atoms with Crippen LogP contribution < -0.4 is 10.3 Å². The predicted octanol–water partition coefficient (Wildman–Crippen LogP) is 1.91. The second kappa shape index (κ2) is 4.99. The monoisotopic (exact) mass is 239 g/mol. The van der Waals surface area contributed by atoms with Crippen LogP contribution >= 0.6 is 0 Å². The van der Waals surface area contributed by atoms with E-state index in [2.05, 4.69) is 15.4 Å². The molecule has 0 saturated heterocycles. The second-order valence-electron chi connectivity index (χ2n) is 4.64. The average Bonchev–Trinajstić information content (AvgIpc) is 2.10. The highest BCUT2D eigenvalue weighted by Crippen LogP contribution is 2.08. The third kappa shape index (κ3) is 5.14. The van der Waals surface area contributed by atoms with Crippen molar-refractivity contribution in [2.75, 3.05) is 0 Å². The third-order valence-electron chi connectivity index (χ3n) is 1.59. The molecule has 0 unspecified atom stereocenters. The normalized spacial score (nSPS) is 10.9. The fourth-order valence-corrected chi connectivity index (χ4v) is 1.13. The zero-order valence-corrected chi connectivity index (χ0v) is 10.7. The molecule has 0 atom stereocenters. The van der Waals surface area contributed by atoms with E-state index in [0.29, 0.717) is 0 Å². The summed E-state index contributed by atoms with van der Waals surface area (Å²) in [6.45, 7) is 8.92. The highest BCUT2D eigenvalue weighted by atomic mass is 16.7. The number of carbonyl (C=O) groups is 1. The van der Waals surface area contributed by atoms with Crippen LogP contribution in [0.2, 0.25) is 0 Å². The molecule has 1 heterocycles. The van der Waals surface area contributed by atoms with E-state index in [9.17, 15) is 4.79 Å². The Kier molecular flexibility index (Phi) is 3.88. The minimum atomic E-state index is -0.680. The number of hydrogen-bond acceptors (Lipinski definition) is 5. The maximum atomic E-state index is 11.3. The zero-order valence-electron chi connectivity index (χ0n) is 10.7. The molecule has 0 bridgehead atoms. The van der Waals surface area contributed by atoms with Gasteiger partial charge in [-0.2, -0.15) is 9.97 Å². The molecule has 0 fully saturated rings. The molecular formula is C11H17N3O3. The number of hydroxylamine groups is 1. The lowest BCUT2D eigenvalue weighted by Crippen LogP contribution is -2.34. The van der Waals surface area contributed by atoms with E-state index in [-0.39, 0.29) is 6.01 Å². The molecule has 1 N–H and O–H groups in total. The first-order valence-corrected chi connectivity index (χ1v) is 5.24. The molecule has 1 aromatic heterocycles. The molecule has 0 radical (unpaired) electrons. The Morgan fingerprint density at radius 3 is 2.24 bits per heavy atom. The van der Waals surface area contributed by atoms with Gasteiger partial charge in [0.05, 0.1) is 0 Å². The first kappa shape index (κ1) is 13.2. The van der Waals surface area contributed by atoms with Crippen molar-refractivity contribution in [3.05, 3.63) is 17.5 Å². The number of nitrogens with zero attached hydrogens (tertiary/aromatic N) is 2. The van der Waals surface area contributed by atoms with Crippen molar-refractivity contribution in [1.29, 1.82) is 0 Å². The van der Waals surface area contributed by atoms with Crippen molar-refractivity contribution in [3.8, 4) is 6.01 Å². The summed E-state index contributed by atoms with van der Waals surface area (Å²) in [6.07, 6.45) is -0.680. The molecule has 0 aliphatic heterocycles. The fourth-order valence-electron chi connectivity index (χ4n) is 1.13. The number of carbonyl (C=O) groups excluding carboxylic acids is 1. The average molecular weight is 239 g/mol. The van der Waals surface area contributed by atoms with Crippen LogP contribution in [0.4, 0.5) is 4.79 Å². The zero-order chi connectivity index (χ0) is 13.1. The fraction of sp³-hybridized carbons (Fsp3) is 0.545. The van der Waals surface area contributed by atoms with Crippen LogP contribution in [0, 0.1) is 13.8 Å². The van der Waals surface area contributed by atoms with Crippen LogP contribution in [-0.2, 0) is 4.74 Å². The molecule has 0 aromatic carbocycles. The lowest BCUT2D eigenvalue weighted by Gasteiger charge is -2.19. The van der Waals surface area contributed by atoms with Gasteiger partial charge in [0.25, 0.3) is 0 Å². The molecule has 1 rings (SSSR count). The van der Waals surface area contributed by atoms with Gasteiger partial charge in [0, 0.05) is 11.4 Å². The highest BCUT2D eigenvalue weighted by molar-refractivity contribution is 5.66. The largest absolute Gasteiger partial charge is 0.442 e. The number of amides is 1. The first-order chi connectivity index (χ1) is 7.76. The van der Waals surface area contributed by atoms with Crippen molar-refractivity contribution in [1.82, 2.24) is 15.4 Å². The number of rotatable bonds is 2. The summed E-state index contributed by atoms with van der Waals surface area (Å²) in [6, 6.07) is 1.90. The summed E-state index contributed by atoms with van der Waals surface area (Å²) in [5.41, 5.74) is 3.08. The van der Waals surface area contributed by atoms with Crippen LogP contribution in [0.15, 0.2) is 6.07 Å². The molecular weight excluding hydrogens is 222 g/mol. The Morgan fingerprint density at radius 2 is 1.76 bits per heavy atom. The molecule has 1 amide bonds. The molecule has 1 aromatic rings. The standard InChI is InChI=1S/C11H17N3O3/c1-7-6-8(2)13-9(12-7)17-14-10(15)16-11(3,4)5/h6H,1-5H3,(H,14,15). The molecule has 0 spiro atoms. The maximum absolute atomic E-state index is 11.3. The van der Waals surface area contributed by atoms with Gasteiger partial charge in [-0.3, -0.25) is 0 Å². The molecule has 17 heavy (non-hydrogen) atoms. The van der Waals surface area contributed by atoms with Gasteiger partial charge in [-0.1, -0.05) is 0 Å². The topological polar surface area (TPSA) is 73.3 Å². The van der Waals surface area contributed by atoms with Gasteiger partial charge in [0.15, 0.2) is 0 Å². The van der Waals surface area contributed by atoms with Crippen molar-refractivity contribution in [2.24, 2.45) is 0 Å². The van der Waals surface area contributed by atoms with E-state index in [1.54, 1.807) is 26.8 Å². The molecule has 94 valence electrons. The minimum absolute atomic E-state index is 0.0911. The summed E-state index contributed by atoms with van der Waals surface area (Å²) < 4.78 is 4.99. The number of ether oxygens (including phenoxy) is 1. The quantitative estimate of drug-likeness (QED) is 0.798. The molecule has 6 heteroatoms. The van der Waals surface area contributed by atoms with Crippen LogP contribution in [0.1, 0.15) is 32.2 Å². The Balaban J connectivity index is 2.53. The van der Waals surface area contributed by atoms with Gasteiger partial charge in [0.1, 0.15) is 5.60 Å². The van der Waals surface area contributed by atoms with Crippen molar-refractivity contribution in [2.45, 2.75) is 40.2 Å². The van der Waals surface area contributed by atoms with E-state index in [0.717, 1.165) is 11.4 Å². The Labute approximate surface area is 100 Å². The minimum Gasteiger partial charge on any atom is -0.442 e.